The molecule has 0 radical (unpaired) electrons. The molecule has 0 aliphatic rings. The zero-order chi connectivity index (χ0) is 14.9. The van der Waals surface area contributed by atoms with Crippen LogP contribution in [-0.4, -0.2) is 25.8 Å². The normalized spacial score (nSPS) is 10.6. The van der Waals surface area contributed by atoms with Gasteiger partial charge in [0.2, 0.25) is 0 Å². The number of anilines is 2. The summed E-state index contributed by atoms with van der Waals surface area (Å²) >= 11 is 0. The fourth-order valence-corrected chi connectivity index (χ4v) is 2.24. The van der Waals surface area contributed by atoms with Crippen molar-refractivity contribution in [2.24, 2.45) is 7.05 Å². The highest BCUT2D eigenvalue weighted by Gasteiger charge is 2.17. The second-order valence-corrected chi connectivity index (χ2v) is 4.72. The number of aromatic carboxylic acids is 1. The predicted octanol–water partition coefficient (Wildman–Crippen LogP) is 2.44. The van der Waals surface area contributed by atoms with Crippen LogP contribution in [0.1, 0.15) is 34.4 Å². The number of carboxylic acids is 1. The molecule has 0 fully saturated rings. The van der Waals surface area contributed by atoms with Crippen LogP contribution >= 0.6 is 0 Å². The van der Waals surface area contributed by atoms with Crippen LogP contribution in [0.4, 0.5) is 11.4 Å². The van der Waals surface area contributed by atoms with Crippen molar-refractivity contribution in [3.63, 3.8) is 0 Å². The number of rotatable bonds is 4. The summed E-state index contributed by atoms with van der Waals surface area (Å²) in [6, 6.07) is 1.74. The van der Waals surface area contributed by atoms with Crippen LogP contribution in [0.15, 0.2) is 12.3 Å². The van der Waals surface area contributed by atoms with Gasteiger partial charge in [0, 0.05) is 18.9 Å². The molecule has 2 heterocycles. The quantitative estimate of drug-likeness (QED) is 0.895. The topological polar surface area (TPSA) is 80.0 Å². The van der Waals surface area contributed by atoms with E-state index in [1.165, 1.54) is 0 Å². The Morgan fingerprint density at radius 3 is 2.70 bits per heavy atom. The van der Waals surface area contributed by atoms with E-state index < -0.39 is 5.97 Å². The molecule has 6 heteroatoms. The predicted molar refractivity (Wildman–Crippen MR) is 76.5 cm³/mol. The third-order valence-electron chi connectivity index (χ3n) is 3.05. The summed E-state index contributed by atoms with van der Waals surface area (Å²) < 4.78 is 1.71. The van der Waals surface area contributed by atoms with E-state index >= 15 is 0 Å². The molecule has 2 rings (SSSR count). The fourth-order valence-electron chi connectivity index (χ4n) is 2.24. The van der Waals surface area contributed by atoms with Crippen molar-refractivity contribution in [2.45, 2.75) is 27.2 Å². The highest BCUT2D eigenvalue weighted by molar-refractivity contribution is 5.96. The van der Waals surface area contributed by atoms with Crippen molar-refractivity contribution in [3.05, 3.63) is 34.9 Å². The van der Waals surface area contributed by atoms with Gasteiger partial charge < -0.3 is 10.4 Å². The average Bonchev–Trinajstić information content (AvgIpc) is 2.67. The van der Waals surface area contributed by atoms with E-state index in [-0.39, 0.29) is 5.56 Å². The standard InChI is InChI=1S/C14H18N4O2/c1-5-10-12(7-18(4)17-10)16-11-6-8(2)15-9(3)13(11)14(19)20/h6-7H,5H2,1-4H3,(H,15,16)(H,19,20). The highest BCUT2D eigenvalue weighted by Crippen LogP contribution is 2.25. The molecule has 0 bridgehead atoms. The zero-order valence-corrected chi connectivity index (χ0v) is 12.1. The number of carbonyl (C=O) groups is 1. The number of pyridine rings is 1. The number of aryl methyl sites for hydroxylation is 4. The van der Waals surface area contributed by atoms with Crippen molar-refractivity contribution in [3.8, 4) is 0 Å². The number of hydrogen-bond donors (Lipinski definition) is 2. The summed E-state index contributed by atoms with van der Waals surface area (Å²) in [4.78, 5) is 15.6. The third-order valence-corrected chi connectivity index (χ3v) is 3.05. The molecule has 0 atom stereocenters. The van der Waals surface area contributed by atoms with Crippen LogP contribution in [0, 0.1) is 13.8 Å². The summed E-state index contributed by atoms with van der Waals surface area (Å²) in [7, 11) is 1.84. The highest BCUT2D eigenvalue weighted by atomic mass is 16.4. The zero-order valence-electron chi connectivity index (χ0n) is 12.1. The van der Waals surface area contributed by atoms with E-state index in [0.717, 1.165) is 23.5 Å². The number of hydrogen-bond acceptors (Lipinski definition) is 4. The molecule has 0 spiro atoms. The van der Waals surface area contributed by atoms with Crippen molar-refractivity contribution in [2.75, 3.05) is 5.32 Å². The first kappa shape index (κ1) is 14.0. The van der Waals surface area contributed by atoms with Gasteiger partial charge in [-0.25, -0.2) is 4.79 Å². The van der Waals surface area contributed by atoms with Crippen LogP contribution in [0.25, 0.3) is 0 Å². The van der Waals surface area contributed by atoms with E-state index in [1.54, 1.807) is 17.7 Å². The Hall–Kier alpha value is -2.37. The van der Waals surface area contributed by atoms with Crippen molar-refractivity contribution >= 4 is 17.3 Å². The summed E-state index contributed by atoms with van der Waals surface area (Å²) in [6.07, 6.45) is 2.62. The molecular formula is C14H18N4O2. The van der Waals surface area contributed by atoms with Gasteiger partial charge in [-0.2, -0.15) is 5.10 Å². The van der Waals surface area contributed by atoms with E-state index in [9.17, 15) is 9.90 Å². The molecule has 0 amide bonds. The minimum atomic E-state index is -0.987. The number of carboxylic acid groups (broad SMARTS) is 1. The van der Waals surface area contributed by atoms with E-state index in [4.69, 9.17) is 0 Å². The Morgan fingerprint density at radius 2 is 2.10 bits per heavy atom. The van der Waals surface area contributed by atoms with Crippen molar-refractivity contribution in [1.82, 2.24) is 14.8 Å². The molecule has 0 aliphatic heterocycles. The second-order valence-electron chi connectivity index (χ2n) is 4.72. The first-order valence-corrected chi connectivity index (χ1v) is 6.43. The Kier molecular flexibility index (Phi) is 3.74. The van der Waals surface area contributed by atoms with Crippen LogP contribution in [0.5, 0.6) is 0 Å². The Labute approximate surface area is 117 Å². The maximum atomic E-state index is 11.4. The van der Waals surface area contributed by atoms with E-state index in [2.05, 4.69) is 15.4 Å². The molecule has 0 aliphatic carbocycles. The largest absolute Gasteiger partial charge is 0.478 e. The van der Waals surface area contributed by atoms with Gasteiger partial charge in [0.05, 0.1) is 22.8 Å². The average molecular weight is 274 g/mol. The maximum absolute atomic E-state index is 11.4. The van der Waals surface area contributed by atoms with Gasteiger partial charge in [-0.05, 0) is 26.3 Å². The molecule has 20 heavy (non-hydrogen) atoms. The molecular weight excluding hydrogens is 256 g/mol. The lowest BCUT2D eigenvalue weighted by atomic mass is 10.1. The second kappa shape index (κ2) is 5.32. The van der Waals surface area contributed by atoms with Crippen LogP contribution in [0.2, 0.25) is 0 Å². The number of nitrogens with zero attached hydrogens (tertiary/aromatic N) is 3. The molecule has 0 saturated heterocycles. The Morgan fingerprint density at radius 1 is 1.40 bits per heavy atom. The SMILES string of the molecule is CCc1nn(C)cc1Nc1cc(C)nc(C)c1C(=O)O. The monoisotopic (exact) mass is 274 g/mol. The summed E-state index contributed by atoms with van der Waals surface area (Å²) in [5, 5.41) is 16.9. The molecule has 0 aromatic carbocycles. The lowest BCUT2D eigenvalue weighted by Crippen LogP contribution is -2.08. The minimum absolute atomic E-state index is 0.196. The van der Waals surface area contributed by atoms with Gasteiger partial charge in [0.1, 0.15) is 5.56 Å². The van der Waals surface area contributed by atoms with Gasteiger partial charge in [-0.15, -0.1) is 0 Å². The third kappa shape index (κ3) is 2.64. The van der Waals surface area contributed by atoms with Gasteiger partial charge in [0.25, 0.3) is 0 Å². The molecule has 106 valence electrons. The fraction of sp³-hybridized carbons (Fsp3) is 0.357. The van der Waals surface area contributed by atoms with E-state index in [0.29, 0.717) is 11.4 Å². The first-order valence-electron chi connectivity index (χ1n) is 6.43. The van der Waals surface area contributed by atoms with Gasteiger partial charge in [-0.1, -0.05) is 6.92 Å². The molecule has 2 aromatic rings. The van der Waals surface area contributed by atoms with E-state index in [1.807, 2.05) is 27.1 Å². The molecule has 0 saturated carbocycles. The first-order chi connectivity index (χ1) is 9.42. The van der Waals surface area contributed by atoms with Crippen LogP contribution in [0.3, 0.4) is 0 Å². The minimum Gasteiger partial charge on any atom is -0.478 e. The Balaban J connectivity index is 2.49. The summed E-state index contributed by atoms with van der Waals surface area (Å²) in [5.41, 5.74) is 3.74. The number of aromatic nitrogens is 3. The van der Waals surface area contributed by atoms with Gasteiger partial charge >= 0.3 is 5.97 Å². The smallest absolute Gasteiger partial charge is 0.339 e. The van der Waals surface area contributed by atoms with Crippen LogP contribution < -0.4 is 5.32 Å². The maximum Gasteiger partial charge on any atom is 0.339 e. The van der Waals surface area contributed by atoms with Gasteiger partial charge in [-0.3, -0.25) is 9.67 Å². The van der Waals surface area contributed by atoms with Gasteiger partial charge in [0.15, 0.2) is 0 Å². The van der Waals surface area contributed by atoms with Crippen LogP contribution in [-0.2, 0) is 13.5 Å². The summed E-state index contributed by atoms with van der Waals surface area (Å²) in [6.45, 7) is 5.55. The summed E-state index contributed by atoms with van der Waals surface area (Å²) in [5.74, 6) is -0.987. The number of nitrogens with one attached hydrogen (secondary N) is 1. The lowest BCUT2D eigenvalue weighted by molar-refractivity contribution is 0.0696. The molecule has 2 aromatic heterocycles. The lowest BCUT2D eigenvalue weighted by Gasteiger charge is -2.12. The molecule has 2 N–H and O–H groups in total. The van der Waals surface area contributed by atoms with Crippen molar-refractivity contribution in [1.29, 1.82) is 0 Å². The van der Waals surface area contributed by atoms with Crippen molar-refractivity contribution < 1.29 is 9.90 Å². The molecule has 0 unspecified atom stereocenters. The Bertz CT molecular complexity index is 661. The molecule has 6 nitrogen and oxygen atoms in total.